The molecule has 0 aliphatic carbocycles. The van der Waals surface area contributed by atoms with Crippen molar-refractivity contribution in [1.82, 2.24) is 4.31 Å². The van der Waals surface area contributed by atoms with Crippen molar-refractivity contribution < 1.29 is 13.6 Å². The third kappa shape index (κ3) is 5.73. The Bertz CT molecular complexity index is 556. The molecular weight excluding hydrogens is 290 g/mol. The van der Waals surface area contributed by atoms with Crippen LogP contribution in [0.2, 0.25) is 0 Å². The third-order valence-corrected chi connectivity index (χ3v) is 5.18. The molecule has 0 unspecified atom stereocenters. The van der Waals surface area contributed by atoms with Gasteiger partial charge in [-0.3, -0.25) is 0 Å². The average Bonchev–Trinajstić information content (AvgIpc) is 2.45. The highest BCUT2D eigenvalue weighted by atomic mass is 32.2. The Hall–Kier alpha value is -1.60. The molecule has 1 aromatic carbocycles. The first-order chi connectivity index (χ1) is 9.86. The second-order valence-electron chi connectivity index (χ2n) is 5.10. The van der Waals surface area contributed by atoms with E-state index in [4.69, 9.17) is 10.9 Å². The molecule has 0 fully saturated rings. The number of sulfonamides is 1. The molecule has 7 heteroatoms. The van der Waals surface area contributed by atoms with E-state index in [9.17, 15) is 8.42 Å². The maximum Gasteiger partial charge on any atom is 0.214 e. The SMILES string of the molecule is CC(C)N(CC/C(N)=N/O)S(=O)(=O)CCc1ccccc1. The Morgan fingerprint density at radius 1 is 1.33 bits per heavy atom. The number of nitrogens with zero attached hydrogens (tertiary/aromatic N) is 2. The van der Waals surface area contributed by atoms with Crippen LogP contribution in [-0.2, 0) is 16.4 Å². The smallest absolute Gasteiger partial charge is 0.214 e. The molecule has 0 bridgehead atoms. The normalized spacial score (nSPS) is 13.0. The number of hydrogen-bond acceptors (Lipinski definition) is 4. The van der Waals surface area contributed by atoms with E-state index in [2.05, 4.69) is 5.16 Å². The second-order valence-corrected chi connectivity index (χ2v) is 7.14. The first-order valence-corrected chi connectivity index (χ1v) is 8.47. The summed E-state index contributed by atoms with van der Waals surface area (Å²) >= 11 is 0. The quantitative estimate of drug-likeness (QED) is 0.328. The molecular formula is C14H23N3O3S. The van der Waals surface area contributed by atoms with Crippen molar-refractivity contribution in [2.75, 3.05) is 12.3 Å². The molecule has 6 nitrogen and oxygen atoms in total. The molecule has 118 valence electrons. The minimum Gasteiger partial charge on any atom is -0.409 e. The lowest BCUT2D eigenvalue weighted by molar-refractivity contribution is 0.313. The predicted octanol–water partition coefficient (Wildman–Crippen LogP) is 1.41. The minimum absolute atomic E-state index is 0.0268. The predicted molar refractivity (Wildman–Crippen MR) is 83.8 cm³/mol. The lowest BCUT2D eigenvalue weighted by atomic mass is 10.2. The molecule has 0 radical (unpaired) electrons. The van der Waals surface area contributed by atoms with Gasteiger partial charge in [0.1, 0.15) is 5.84 Å². The van der Waals surface area contributed by atoms with E-state index < -0.39 is 10.0 Å². The van der Waals surface area contributed by atoms with Crippen LogP contribution in [0.5, 0.6) is 0 Å². The number of hydrogen-bond donors (Lipinski definition) is 2. The number of rotatable bonds is 8. The Labute approximate surface area is 126 Å². The van der Waals surface area contributed by atoms with E-state index in [1.807, 2.05) is 44.2 Å². The van der Waals surface area contributed by atoms with Gasteiger partial charge in [0.2, 0.25) is 10.0 Å². The van der Waals surface area contributed by atoms with E-state index in [1.54, 1.807) is 0 Å². The van der Waals surface area contributed by atoms with Crippen molar-refractivity contribution >= 4 is 15.9 Å². The van der Waals surface area contributed by atoms with Gasteiger partial charge in [-0.05, 0) is 25.8 Å². The maximum atomic E-state index is 12.4. The standard InChI is InChI=1S/C14H23N3O3S/c1-12(2)17(10-8-14(15)16-18)21(19,20)11-9-13-6-4-3-5-7-13/h3-7,12,18H,8-11H2,1-2H3,(H2,15,16). The molecule has 1 aromatic rings. The summed E-state index contributed by atoms with van der Waals surface area (Å²) in [5.41, 5.74) is 6.40. The van der Waals surface area contributed by atoms with Crippen LogP contribution in [0.1, 0.15) is 25.8 Å². The summed E-state index contributed by atoms with van der Waals surface area (Å²) in [6, 6.07) is 9.32. The zero-order valence-corrected chi connectivity index (χ0v) is 13.3. The van der Waals surface area contributed by atoms with Crippen LogP contribution in [0.3, 0.4) is 0 Å². The topological polar surface area (TPSA) is 96.0 Å². The van der Waals surface area contributed by atoms with Crippen LogP contribution >= 0.6 is 0 Å². The van der Waals surface area contributed by atoms with Crippen LogP contribution in [0.15, 0.2) is 35.5 Å². The summed E-state index contributed by atoms with van der Waals surface area (Å²) in [5.74, 6) is 0.0738. The van der Waals surface area contributed by atoms with Gasteiger partial charge in [-0.2, -0.15) is 4.31 Å². The molecule has 21 heavy (non-hydrogen) atoms. The van der Waals surface area contributed by atoms with E-state index in [-0.39, 0.29) is 30.6 Å². The first kappa shape index (κ1) is 17.5. The Morgan fingerprint density at radius 3 is 2.48 bits per heavy atom. The summed E-state index contributed by atoms with van der Waals surface area (Å²) < 4.78 is 26.3. The third-order valence-electron chi connectivity index (χ3n) is 3.14. The number of benzene rings is 1. The second kappa shape index (κ2) is 7.99. The van der Waals surface area contributed by atoms with Gasteiger partial charge in [-0.1, -0.05) is 35.5 Å². The monoisotopic (exact) mass is 313 g/mol. The van der Waals surface area contributed by atoms with Gasteiger partial charge in [0.05, 0.1) is 5.75 Å². The Kier molecular flexibility index (Phi) is 6.64. The van der Waals surface area contributed by atoms with Crippen LogP contribution in [0.25, 0.3) is 0 Å². The fraction of sp³-hybridized carbons (Fsp3) is 0.500. The van der Waals surface area contributed by atoms with Crippen molar-refractivity contribution in [3.05, 3.63) is 35.9 Å². The van der Waals surface area contributed by atoms with Crippen molar-refractivity contribution in [2.45, 2.75) is 32.7 Å². The minimum atomic E-state index is -3.38. The Morgan fingerprint density at radius 2 is 1.95 bits per heavy atom. The van der Waals surface area contributed by atoms with E-state index in [1.165, 1.54) is 4.31 Å². The first-order valence-electron chi connectivity index (χ1n) is 6.86. The van der Waals surface area contributed by atoms with Crippen LogP contribution in [-0.4, -0.2) is 42.1 Å². The van der Waals surface area contributed by atoms with Gasteiger partial charge in [0, 0.05) is 19.0 Å². The molecule has 1 rings (SSSR count). The molecule has 0 aliphatic rings. The molecule has 0 atom stereocenters. The zero-order chi connectivity index (χ0) is 15.9. The summed E-state index contributed by atoms with van der Waals surface area (Å²) in [6.45, 7) is 3.84. The molecule has 0 aliphatic heterocycles. The highest BCUT2D eigenvalue weighted by molar-refractivity contribution is 7.89. The van der Waals surface area contributed by atoms with Gasteiger partial charge in [-0.25, -0.2) is 8.42 Å². The van der Waals surface area contributed by atoms with Gasteiger partial charge >= 0.3 is 0 Å². The van der Waals surface area contributed by atoms with Crippen molar-refractivity contribution in [1.29, 1.82) is 0 Å². The van der Waals surface area contributed by atoms with E-state index in [0.717, 1.165) is 5.56 Å². The molecule has 0 amide bonds. The summed E-state index contributed by atoms with van der Waals surface area (Å²) in [6.07, 6.45) is 0.676. The highest BCUT2D eigenvalue weighted by Gasteiger charge is 2.24. The highest BCUT2D eigenvalue weighted by Crippen LogP contribution is 2.11. The van der Waals surface area contributed by atoms with Crippen LogP contribution in [0, 0.1) is 0 Å². The molecule has 3 N–H and O–H groups in total. The molecule has 0 aromatic heterocycles. The van der Waals surface area contributed by atoms with Gasteiger partial charge in [0.25, 0.3) is 0 Å². The summed E-state index contributed by atoms with van der Waals surface area (Å²) in [4.78, 5) is 0. The number of amidine groups is 1. The van der Waals surface area contributed by atoms with Gasteiger partial charge < -0.3 is 10.9 Å². The molecule has 0 spiro atoms. The van der Waals surface area contributed by atoms with Gasteiger partial charge in [0.15, 0.2) is 0 Å². The summed E-state index contributed by atoms with van der Waals surface area (Å²) in [7, 11) is -3.38. The molecule has 0 saturated carbocycles. The lowest BCUT2D eigenvalue weighted by Crippen LogP contribution is -2.40. The molecule has 0 saturated heterocycles. The number of oxime groups is 1. The van der Waals surface area contributed by atoms with Crippen LogP contribution in [0.4, 0.5) is 0 Å². The van der Waals surface area contributed by atoms with Crippen LogP contribution < -0.4 is 5.73 Å². The fourth-order valence-electron chi connectivity index (χ4n) is 2.00. The summed E-state index contributed by atoms with van der Waals surface area (Å²) in [5, 5.41) is 11.4. The average molecular weight is 313 g/mol. The van der Waals surface area contributed by atoms with E-state index >= 15 is 0 Å². The maximum absolute atomic E-state index is 12.4. The van der Waals surface area contributed by atoms with Crippen molar-refractivity contribution in [2.24, 2.45) is 10.9 Å². The lowest BCUT2D eigenvalue weighted by Gasteiger charge is -2.25. The largest absolute Gasteiger partial charge is 0.409 e. The van der Waals surface area contributed by atoms with Crippen molar-refractivity contribution in [3.63, 3.8) is 0 Å². The zero-order valence-electron chi connectivity index (χ0n) is 12.4. The van der Waals surface area contributed by atoms with Crippen molar-refractivity contribution in [3.8, 4) is 0 Å². The van der Waals surface area contributed by atoms with Gasteiger partial charge in [-0.15, -0.1) is 0 Å². The fourth-order valence-corrected chi connectivity index (χ4v) is 3.74. The number of aryl methyl sites for hydroxylation is 1. The van der Waals surface area contributed by atoms with E-state index in [0.29, 0.717) is 6.42 Å². The molecule has 0 heterocycles. The Balaban J connectivity index is 2.71. The number of nitrogens with two attached hydrogens (primary N) is 1.